The Hall–Kier alpha value is -3.84. The van der Waals surface area contributed by atoms with Crippen LogP contribution in [0.15, 0.2) is 77.7 Å². The second kappa shape index (κ2) is 11.8. The molecule has 12 heteroatoms. The van der Waals surface area contributed by atoms with Gasteiger partial charge in [0.05, 0.1) is 4.90 Å². The molecule has 42 heavy (non-hydrogen) atoms. The molecule has 1 unspecified atom stereocenters. The van der Waals surface area contributed by atoms with E-state index in [9.17, 15) is 18.3 Å². The average molecular weight is 606 g/mol. The predicted octanol–water partition coefficient (Wildman–Crippen LogP) is 4.22. The normalized spacial score (nSPS) is 16.6. The number of hydrogen-bond acceptors (Lipinski definition) is 9. The van der Waals surface area contributed by atoms with Crippen LogP contribution in [0.2, 0.25) is 0 Å². The second-order valence-electron chi connectivity index (χ2n) is 10.3. The number of aliphatic hydroxyl groups excluding tert-OH is 1. The van der Waals surface area contributed by atoms with Crippen LogP contribution in [0, 0.1) is 0 Å². The molecule has 2 aliphatic heterocycles. The van der Waals surface area contributed by atoms with E-state index in [-0.39, 0.29) is 10.8 Å². The summed E-state index contributed by atoms with van der Waals surface area (Å²) >= 11 is 1.19. The van der Waals surface area contributed by atoms with E-state index in [4.69, 9.17) is 4.74 Å². The van der Waals surface area contributed by atoms with Crippen LogP contribution in [-0.4, -0.2) is 65.8 Å². The summed E-state index contributed by atoms with van der Waals surface area (Å²) in [6, 6.07) is 21.7. The van der Waals surface area contributed by atoms with Crippen LogP contribution in [0.3, 0.4) is 0 Å². The third-order valence-corrected chi connectivity index (χ3v) is 10.2. The fourth-order valence-corrected chi connectivity index (χ4v) is 7.57. The first-order valence-corrected chi connectivity index (χ1v) is 16.0. The number of para-hydroxylation sites is 1. The van der Waals surface area contributed by atoms with Crippen molar-refractivity contribution in [1.29, 1.82) is 0 Å². The van der Waals surface area contributed by atoms with E-state index < -0.39 is 16.1 Å². The minimum Gasteiger partial charge on any atom is -0.457 e. The quantitative estimate of drug-likeness (QED) is 0.333. The van der Waals surface area contributed by atoms with Crippen molar-refractivity contribution in [1.82, 2.24) is 13.7 Å². The average Bonchev–Trinajstić information content (AvgIpc) is 3.59. The number of fused-ring (bicyclic) bond motifs is 1. The van der Waals surface area contributed by atoms with Gasteiger partial charge in [0.1, 0.15) is 17.6 Å². The molecule has 0 radical (unpaired) electrons. The Bertz CT molecular complexity index is 1680. The number of hydrogen-bond donors (Lipinski definition) is 1. The summed E-state index contributed by atoms with van der Waals surface area (Å²) in [5, 5.41) is 11.6. The lowest BCUT2D eigenvalue weighted by molar-refractivity contribution is -0.116. The Morgan fingerprint density at radius 1 is 0.952 bits per heavy atom. The monoisotopic (exact) mass is 605 g/mol. The molecule has 2 aliphatic rings. The first-order valence-electron chi connectivity index (χ1n) is 13.8. The summed E-state index contributed by atoms with van der Waals surface area (Å²) in [7, 11) is -3.70. The summed E-state index contributed by atoms with van der Waals surface area (Å²) < 4.78 is 38.8. The maximum Gasteiger partial charge on any atom is 0.243 e. The van der Waals surface area contributed by atoms with Crippen LogP contribution in [0.5, 0.6) is 11.5 Å². The van der Waals surface area contributed by atoms with Crippen LogP contribution in [0.4, 0.5) is 10.8 Å². The molecule has 1 saturated heterocycles. The van der Waals surface area contributed by atoms with Crippen LogP contribution in [-0.2, 0) is 21.2 Å². The number of carbonyl (C=O) groups excluding carboxylic acids is 1. The number of carbonyl (C=O) groups is 1. The van der Waals surface area contributed by atoms with Gasteiger partial charge >= 0.3 is 0 Å². The molecule has 0 spiro atoms. The van der Waals surface area contributed by atoms with Gasteiger partial charge in [-0.15, -0.1) is 0 Å². The number of aromatic nitrogens is 2. The van der Waals surface area contributed by atoms with Crippen LogP contribution in [0.25, 0.3) is 0 Å². The zero-order valence-corrected chi connectivity index (χ0v) is 24.7. The summed E-state index contributed by atoms with van der Waals surface area (Å²) in [5.74, 6) is 1.65. The van der Waals surface area contributed by atoms with E-state index in [0.29, 0.717) is 67.8 Å². The molecule has 1 aromatic heterocycles. The highest BCUT2D eigenvalue weighted by Crippen LogP contribution is 2.32. The van der Waals surface area contributed by atoms with Gasteiger partial charge in [0.15, 0.2) is 5.82 Å². The van der Waals surface area contributed by atoms with E-state index in [1.807, 2.05) is 35.2 Å². The highest BCUT2D eigenvalue weighted by atomic mass is 32.2. The molecule has 0 aliphatic carbocycles. The first kappa shape index (κ1) is 28.3. The topological polar surface area (TPSA) is 116 Å². The number of ether oxygens (including phenoxy) is 1. The number of anilines is 2. The molecule has 0 bridgehead atoms. The number of benzene rings is 3. The van der Waals surface area contributed by atoms with Crippen molar-refractivity contribution in [3.63, 3.8) is 0 Å². The van der Waals surface area contributed by atoms with E-state index in [0.717, 1.165) is 17.0 Å². The minimum atomic E-state index is -3.70. The molecule has 0 saturated carbocycles. The predicted molar refractivity (Wildman–Crippen MR) is 161 cm³/mol. The molecule has 1 amide bonds. The van der Waals surface area contributed by atoms with Gasteiger partial charge in [-0.25, -0.2) is 13.4 Å². The smallest absolute Gasteiger partial charge is 0.243 e. The Kier molecular flexibility index (Phi) is 7.95. The molecule has 1 N–H and O–H groups in total. The standard InChI is InChI=1S/C30H31N5O5S2/c1-21(36)35-17-14-23-20-26(12-13-27(23)35)42(38,39)34-16-5-15-33(18-19-34)30-31-29(32-41-30)28(37)22-8-10-25(11-9-22)40-24-6-3-2-4-7-24/h2-4,6-13,20,28,37H,5,14-19H2,1H3. The van der Waals surface area contributed by atoms with Gasteiger partial charge in [0, 0.05) is 56.9 Å². The summed E-state index contributed by atoms with van der Waals surface area (Å²) in [4.78, 5) is 20.4. The van der Waals surface area contributed by atoms with Gasteiger partial charge in [-0.05, 0) is 66.4 Å². The Morgan fingerprint density at radius 3 is 2.48 bits per heavy atom. The van der Waals surface area contributed by atoms with Gasteiger partial charge in [-0.3, -0.25) is 4.79 Å². The van der Waals surface area contributed by atoms with Gasteiger partial charge in [-0.1, -0.05) is 30.3 Å². The number of nitrogens with zero attached hydrogens (tertiary/aromatic N) is 5. The highest BCUT2D eigenvalue weighted by molar-refractivity contribution is 7.89. The fraction of sp³-hybridized carbons (Fsp3) is 0.300. The van der Waals surface area contributed by atoms with Crippen LogP contribution in [0.1, 0.15) is 36.4 Å². The lowest BCUT2D eigenvalue weighted by atomic mass is 10.1. The van der Waals surface area contributed by atoms with Crippen LogP contribution < -0.4 is 14.5 Å². The largest absolute Gasteiger partial charge is 0.457 e. The second-order valence-corrected chi connectivity index (χ2v) is 12.9. The maximum atomic E-state index is 13.5. The zero-order chi connectivity index (χ0) is 29.3. The van der Waals surface area contributed by atoms with Crippen molar-refractivity contribution in [3.8, 4) is 11.5 Å². The van der Waals surface area contributed by atoms with Gasteiger partial charge in [0.2, 0.25) is 21.1 Å². The van der Waals surface area contributed by atoms with Crippen molar-refractivity contribution < 1.29 is 23.1 Å². The van der Waals surface area contributed by atoms with Crippen LogP contribution >= 0.6 is 11.5 Å². The zero-order valence-electron chi connectivity index (χ0n) is 23.1. The summed E-state index contributed by atoms with van der Waals surface area (Å²) in [6.07, 6.45) is 0.272. The SMILES string of the molecule is CC(=O)N1CCc2cc(S(=O)(=O)N3CCCN(c4nc(C(O)c5ccc(Oc6ccccc6)cc5)ns4)CC3)ccc21. The molecule has 6 rings (SSSR count). The molecular weight excluding hydrogens is 574 g/mol. The molecule has 10 nitrogen and oxygen atoms in total. The molecule has 4 aromatic rings. The number of rotatable bonds is 7. The number of amides is 1. The van der Waals surface area contributed by atoms with Gasteiger partial charge < -0.3 is 19.6 Å². The highest BCUT2D eigenvalue weighted by Gasteiger charge is 2.30. The van der Waals surface area contributed by atoms with Gasteiger partial charge in [0.25, 0.3) is 0 Å². The molecule has 218 valence electrons. The summed E-state index contributed by atoms with van der Waals surface area (Å²) in [5.41, 5.74) is 2.31. The van der Waals surface area contributed by atoms with Crippen molar-refractivity contribution in [2.45, 2.75) is 30.8 Å². The molecule has 1 fully saturated rings. The first-order chi connectivity index (χ1) is 20.3. The Morgan fingerprint density at radius 2 is 1.71 bits per heavy atom. The van der Waals surface area contributed by atoms with Gasteiger partial charge in [-0.2, -0.15) is 8.68 Å². The van der Waals surface area contributed by atoms with Crippen molar-refractivity contribution >= 4 is 38.3 Å². The molecular formula is C30H31N5O5S2. The number of sulfonamides is 1. The number of aliphatic hydroxyl groups is 1. The lowest BCUT2D eigenvalue weighted by Crippen LogP contribution is -2.35. The summed E-state index contributed by atoms with van der Waals surface area (Å²) in [6.45, 7) is 3.86. The van der Waals surface area contributed by atoms with Crippen molar-refractivity contribution in [2.24, 2.45) is 0 Å². The third-order valence-electron chi connectivity index (χ3n) is 7.54. The van der Waals surface area contributed by atoms with E-state index in [2.05, 4.69) is 9.36 Å². The minimum absolute atomic E-state index is 0.0457. The molecule has 3 aromatic carbocycles. The van der Waals surface area contributed by atoms with E-state index in [1.54, 1.807) is 47.4 Å². The third kappa shape index (κ3) is 5.75. The molecule has 1 atom stereocenters. The van der Waals surface area contributed by atoms with E-state index in [1.165, 1.54) is 22.8 Å². The van der Waals surface area contributed by atoms with Crippen molar-refractivity contribution in [3.05, 3.63) is 89.7 Å². The fourth-order valence-electron chi connectivity index (χ4n) is 5.30. The lowest BCUT2D eigenvalue weighted by Gasteiger charge is -2.22. The van der Waals surface area contributed by atoms with Crippen molar-refractivity contribution in [2.75, 3.05) is 42.5 Å². The maximum absolute atomic E-state index is 13.5. The van der Waals surface area contributed by atoms with E-state index >= 15 is 0 Å². The molecule has 3 heterocycles. The Labute approximate surface area is 249 Å². The Balaban J connectivity index is 1.10.